The maximum atomic E-state index is 2.42. The predicted molar refractivity (Wildman–Crippen MR) is 98.4 cm³/mol. The van der Waals surface area contributed by atoms with Gasteiger partial charge in [-0.05, 0) is 60.1 Å². The zero-order valence-corrected chi connectivity index (χ0v) is 13.8. The maximum absolute atomic E-state index is 2.42. The van der Waals surface area contributed by atoms with Gasteiger partial charge in [0.25, 0.3) is 0 Å². The van der Waals surface area contributed by atoms with Crippen molar-refractivity contribution in [3.8, 4) is 0 Å². The number of hydrogen-bond acceptors (Lipinski definition) is 0. The second-order valence-corrected chi connectivity index (χ2v) is 6.66. The first-order chi connectivity index (χ1) is 11.2. The number of fused-ring (bicyclic) bond motifs is 1. The van der Waals surface area contributed by atoms with Crippen molar-refractivity contribution in [2.75, 3.05) is 0 Å². The molecule has 4 rings (SSSR count). The molecule has 2 aromatic rings. The Kier molecular flexibility index (Phi) is 3.53. The molecule has 2 aliphatic carbocycles. The Labute approximate surface area is 138 Å². The van der Waals surface area contributed by atoms with Crippen LogP contribution in [0.3, 0.4) is 0 Å². The van der Waals surface area contributed by atoms with Crippen molar-refractivity contribution in [1.82, 2.24) is 0 Å². The topological polar surface area (TPSA) is 0 Å². The summed E-state index contributed by atoms with van der Waals surface area (Å²) < 4.78 is 0. The molecule has 0 radical (unpaired) electrons. The van der Waals surface area contributed by atoms with E-state index < -0.39 is 0 Å². The standard InChI is InChI=1S/C23H22/c1-16-12-13-21(17(16)2)20-14-19-10-6-7-11-22(19)23(15-20)18-8-4-3-5-9-18/h3-12,14,23H,13,15H2,1-2H3. The summed E-state index contributed by atoms with van der Waals surface area (Å²) in [4.78, 5) is 0. The van der Waals surface area contributed by atoms with Crippen LogP contribution in [0, 0.1) is 0 Å². The van der Waals surface area contributed by atoms with Gasteiger partial charge in [-0.3, -0.25) is 0 Å². The minimum absolute atomic E-state index is 0.466. The second kappa shape index (κ2) is 5.70. The third-order valence-electron chi connectivity index (χ3n) is 5.37. The van der Waals surface area contributed by atoms with Gasteiger partial charge < -0.3 is 0 Å². The Morgan fingerprint density at radius 3 is 2.35 bits per heavy atom. The number of allylic oxidation sites excluding steroid dienone is 5. The van der Waals surface area contributed by atoms with Gasteiger partial charge in [0.2, 0.25) is 0 Å². The Bertz CT molecular complexity index is 831. The van der Waals surface area contributed by atoms with Gasteiger partial charge in [-0.1, -0.05) is 72.3 Å². The first kappa shape index (κ1) is 14.3. The molecule has 0 fully saturated rings. The summed E-state index contributed by atoms with van der Waals surface area (Å²) in [6.45, 7) is 4.50. The molecular formula is C23H22. The first-order valence-electron chi connectivity index (χ1n) is 8.46. The van der Waals surface area contributed by atoms with Crippen molar-refractivity contribution in [2.24, 2.45) is 0 Å². The highest BCUT2D eigenvalue weighted by Crippen LogP contribution is 2.43. The van der Waals surface area contributed by atoms with E-state index in [-0.39, 0.29) is 0 Å². The molecule has 114 valence electrons. The van der Waals surface area contributed by atoms with Crippen molar-refractivity contribution < 1.29 is 0 Å². The van der Waals surface area contributed by atoms with Crippen molar-refractivity contribution in [1.29, 1.82) is 0 Å². The molecule has 0 saturated heterocycles. The SMILES string of the molecule is CC1=CCC(C2=Cc3ccccc3C(c3ccccc3)C2)=C1C. The van der Waals surface area contributed by atoms with Crippen molar-refractivity contribution in [2.45, 2.75) is 32.6 Å². The normalized spacial score (nSPS) is 20.2. The molecule has 2 aromatic carbocycles. The van der Waals surface area contributed by atoms with E-state index in [1.807, 2.05) is 0 Å². The molecule has 0 saturated carbocycles. The van der Waals surface area contributed by atoms with E-state index in [4.69, 9.17) is 0 Å². The highest BCUT2D eigenvalue weighted by Gasteiger charge is 2.25. The molecule has 0 nitrogen and oxygen atoms in total. The molecular weight excluding hydrogens is 276 g/mol. The molecule has 1 unspecified atom stereocenters. The molecule has 0 N–H and O–H groups in total. The summed E-state index contributed by atoms with van der Waals surface area (Å²) in [7, 11) is 0. The molecule has 0 aromatic heterocycles. The number of benzene rings is 2. The third-order valence-corrected chi connectivity index (χ3v) is 5.37. The molecule has 0 bridgehead atoms. The molecule has 2 aliphatic rings. The van der Waals surface area contributed by atoms with Gasteiger partial charge in [0.05, 0.1) is 0 Å². The van der Waals surface area contributed by atoms with Crippen LogP contribution in [0.25, 0.3) is 6.08 Å². The van der Waals surface area contributed by atoms with Gasteiger partial charge >= 0.3 is 0 Å². The largest absolute Gasteiger partial charge is 0.0769 e. The van der Waals surface area contributed by atoms with Crippen LogP contribution >= 0.6 is 0 Å². The molecule has 0 heterocycles. The van der Waals surface area contributed by atoms with E-state index >= 15 is 0 Å². The van der Waals surface area contributed by atoms with Crippen LogP contribution < -0.4 is 0 Å². The van der Waals surface area contributed by atoms with Crippen LogP contribution in [0.2, 0.25) is 0 Å². The Hall–Kier alpha value is -2.34. The van der Waals surface area contributed by atoms with Crippen LogP contribution in [0.1, 0.15) is 49.3 Å². The zero-order valence-electron chi connectivity index (χ0n) is 13.8. The van der Waals surface area contributed by atoms with Crippen LogP contribution in [0.15, 0.2) is 83.0 Å². The summed E-state index contributed by atoms with van der Waals surface area (Å²) in [6, 6.07) is 19.8. The summed E-state index contributed by atoms with van der Waals surface area (Å²) in [5.74, 6) is 0.466. The zero-order chi connectivity index (χ0) is 15.8. The van der Waals surface area contributed by atoms with Crippen LogP contribution in [-0.4, -0.2) is 0 Å². The lowest BCUT2D eigenvalue weighted by Crippen LogP contribution is -2.10. The molecule has 0 aliphatic heterocycles. The number of rotatable bonds is 2. The lowest BCUT2D eigenvalue weighted by Gasteiger charge is -2.27. The number of hydrogen-bond donors (Lipinski definition) is 0. The van der Waals surface area contributed by atoms with Gasteiger partial charge in [-0.25, -0.2) is 0 Å². The fourth-order valence-electron chi connectivity index (χ4n) is 3.90. The monoisotopic (exact) mass is 298 g/mol. The average Bonchev–Trinajstić information content (AvgIpc) is 2.94. The van der Waals surface area contributed by atoms with E-state index in [1.165, 1.54) is 39.0 Å². The van der Waals surface area contributed by atoms with Gasteiger partial charge in [0, 0.05) is 5.92 Å². The van der Waals surface area contributed by atoms with Crippen LogP contribution in [0.4, 0.5) is 0 Å². The summed E-state index contributed by atoms with van der Waals surface area (Å²) in [6.07, 6.45) is 6.98. The van der Waals surface area contributed by atoms with Gasteiger partial charge in [-0.2, -0.15) is 0 Å². The minimum Gasteiger partial charge on any atom is -0.0769 e. The van der Waals surface area contributed by atoms with Gasteiger partial charge in [-0.15, -0.1) is 0 Å². The van der Waals surface area contributed by atoms with Crippen molar-refractivity contribution >= 4 is 6.08 Å². The van der Waals surface area contributed by atoms with Gasteiger partial charge in [0.1, 0.15) is 0 Å². The van der Waals surface area contributed by atoms with Crippen molar-refractivity contribution in [3.05, 3.63) is 99.7 Å². The lowest BCUT2D eigenvalue weighted by molar-refractivity contribution is 0.786. The summed E-state index contributed by atoms with van der Waals surface area (Å²) in [5, 5.41) is 0. The Balaban J connectivity index is 1.82. The average molecular weight is 298 g/mol. The van der Waals surface area contributed by atoms with E-state index in [9.17, 15) is 0 Å². The van der Waals surface area contributed by atoms with E-state index in [0.29, 0.717) is 5.92 Å². The quantitative estimate of drug-likeness (QED) is 0.612. The third kappa shape index (κ3) is 2.49. The molecule has 0 spiro atoms. The molecule has 0 heteroatoms. The van der Waals surface area contributed by atoms with Crippen LogP contribution in [-0.2, 0) is 0 Å². The predicted octanol–water partition coefficient (Wildman–Crippen LogP) is 6.27. The fraction of sp³-hybridized carbons (Fsp3) is 0.217. The fourth-order valence-corrected chi connectivity index (χ4v) is 3.90. The highest BCUT2D eigenvalue weighted by atomic mass is 14.3. The smallest absolute Gasteiger partial charge is 0.0136 e. The first-order valence-corrected chi connectivity index (χ1v) is 8.46. The van der Waals surface area contributed by atoms with Crippen LogP contribution in [0.5, 0.6) is 0 Å². The summed E-state index contributed by atoms with van der Waals surface area (Å²) in [5.41, 5.74) is 10.2. The Morgan fingerprint density at radius 2 is 1.61 bits per heavy atom. The van der Waals surface area contributed by atoms with E-state index in [1.54, 1.807) is 0 Å². The molecule has 1 atom stereocenters. The van der Waals surface area contributed by atoms with Gasteiger partial charge in [0.15, 0.2) is 0 Å². The summed E-state index contributed by atoms with van der Waals surface area (Å²) >= 11 is 0. The Morgan fingerprint density at radius 1 is 0.870 bits per heavy atom. The maximum Gasteiger partial charge on any atom is 0.0136 e. The second-order valence-electron chi connectivity index (χ2n) is 6.66. The minimum atomic E-state index is 0.466. The molecule has 0 amide bonds. The van der Waals surface area contributed by atoms with E-state index in [2.05, 4.69) is 80.6 Å². The highest BCUT2D eigenvalue weighted by molar-refractivity contribution is 5.69. The van der Waals surface area contributed by atoms with Crippen molar-refractivity contribution in [3.63, 3.8) is 0 Å². The lowest BCUT2D eigenvalue weighted by atomic mass is 9.77. The molecule has 23 heavy (non-hydrogen) atoms. The van der Waals surface area contributed by atoms with E-state index in [0.717, 1.165) is 12.8 Å².